The Hall–Kier alpha value is -3.42. The van der Waals surface area contributed by atoms with Gasteiger partial charge in [-0.15, -0.1) is 22.6 Å². The van der Waals surface area contributed by atoms with E-state index in [2.05, 4.69) is 20.5 Å². The number of hydrogen-bond donors (Lipinski definition) is 2. The van der Waals surface area contributed by atoms with Gasteiger partial charge in [-0.1, -0.05) is 36.4 Å². The van der Waals surface area contributed by atoms with Crippen molar-refractivity contribution in [3.05, 3.63) is 84.4 Å². The van der Waals surface area contributed by atoms with Crippen molar-refractivity contribution in [3.63, 3.8) is 0 Å². The maximum atomic E-state index is 9.72. The molecule has 160 valence electrons. The predicted octanol–water partition coefficient (Wildman–Crippen LogP) is 4.21. The van der Waals surface area contributed by atoms with Crippen molar-refractivity contribution in [2.45, 2.75) is 13.0 Å². The Kier molecular flexibility index (Phi) is 7.23. The maximum Gasteiger partial charge on any atom is 0.149 e. The molecular formula is C23H24ClN5O2. The lowest BCUT2D eigenvalue weighted by atomic mass is 10.1. The van der Waals surface area contributed by atoms with Gasteiger partial charge in [0.1, 0.15) is 11.6 Å². The van der Waals surface area contributed by atoms with Crippen LogP contribution in [0.3, 0.4) is 0 Å². The molecule has 7 nitrogen and oxygen atoms in total. The molecule has 2 heterocycles. The zero-order valence-corrected chi connectivity index (χ0v) is 18.1. The molecule has 0 saturated carbocycles. The highest BCUT2D eigenvalue weighted by atomic mass is 35.5. The number of rotatable bonds is 7. The van der Waals surface area contributed by atoms with Crippen LogP contribution >= 0.6 is 12.4 Å². The molecule has 1 atom stereocenters. The number of imidazole rings is 1. The third-order valence-electron chi connectivity index (χ3n) is 4.84. The fraction of sp³-hybridized carbons (Fsp3) is 0.174. The van der Waals surface area contributed by atoms with Crippen LogP contribution in [0.1, 0.15) is 17.3 Å². The van der Waals surface area contributed by atoms with Crippen molar-refractivity contribution in [1.82, 2.24) is 19.7 Å². The van der Waals surface area contributed by atoms with Crippen LogP contribution in [0.25, 0.3) is 16.9 Å². The largest absolute Gasteiger partial charge is 0.495 e. The number of halogens is 1. The summed E-state index contributed by atoms with van der Waals surface area (Å²) in [4.78, 5) is 4.27. The quantitative estimate of drug-likeness (QED) is 0.450. The number of nitrogens with zero attached hydrogens (tertiary/aromatic N) is 4. The number of aromatic nitrogens is 4. The molecule has 0 aliphatic carbocycles. The van der Waals surface area contributed by atoms with E-state index in [4.69, 9.17) is 4.74 Å². The topological polar surface area (TPSA) is 85.1 Å². The number of benzene rings is 2. The van der Waals surface area contributed by atoms with Crippen LogP contribution in [0.4, 0.5) is 5.82 Å². The number of aliphatic hydroxyl groups excluding tert-OH is 1. The summed E-state index contributed by atoms with van der Waals surface area (Å²) < 4.78 is 7.50. The van der Waals surface area contributed by atoms with E-state index in [0.29, 0.717) is 5.82 Å². The van der Waals surface area contributed by atoms with Gasteiger partial charge in [0.25, 0.3) is 0 Å². The molecule has 2 N–H and O–H groups in total. The highest BCUT2D eigenvalue weighted by molar-refractivity contribution is 5.85. The van der Waals surface area contributed by atoms with Gasteiger partial charge in [0.05, 0.1) is 43.2 Å². The van der Waals surface area contributed by atoms with Crippen LogP contribution in [0.2, 0.25) is 0 Å². The molecule has 0 aliphatic rings. The number of hydrogen-bond acceptors (Lipinski definition) is 6. The van der Waals surface area contributed by atoms with Gasteiger partial charge in [-0.05, 0) is 36.8 Å². The van der Waals surface area contributed by atoms with E-state index in [1.807, 2.05) is 78.4 Å². The van der Waals surface area contributed by atoms with E-state index in [1.165, 1.54) is 0 Å². The molecule has 2 aromatic heterocycles. The van der Waals surface area contributed by atoms with Gasteiger partial charge in [-0.2, -0.15) is 0 Å². The summed E-state index contributed by atoms with van der Waals surface area (Å²) in [7, 11) is 1.64. The fourth-order valence-corrected chi connectivity index (χ4v) is 3.26. The lowest BCUT2D eigenvalue weighted by molar-refractivity contribution is 0.276. The Bertz CT molecular complexity index is 1120. The first-order valence-corrected chi connectivity index (χ1v) is 9.63. The Morgan fingerprint density at radius 3 is 2.48 bits per heavy atom. The predicted molar refractivity (Wildman–Crippen MR) is 123 cm³/mol. The Labute approximate surface area is 187 Å². The van der Waals surface area contributed by atoms with Crippen LogP contribution < -0.4 is 10.1 Å². The van der Waals surface area contributed by atoms with Gasteiger partial charge in [-0.25, -0.2) is 4.98 Å². The zero-order valence-electron chi connectivity index (χ0n) is 17.3. The second-order valence-corrected chi connectivity index (χ2v) is 6.90. The molecule has 0 saturated heterocycles. The monoisotopic (exact) mass is 437 g/mol. The fourth-order valence-electron chi connectivity index (χ4n) is 3.26. The highest BCUT2D eigenvalue weighted by Gasteiger charge is 2.12. The summed E-state index contributed by atoms with van der Waals surface area (Å²) in [6, 6.07) is 19.1. The van der Waals surface area contributed by atoms with Crippen molar-refractivity contribution >= 4 is 18.2 Å². The van der Waals surface area contributed by atoms with Gasteiger partial charge in [0.15, 0.2) is 0 Å². The molecule has 0 unspecified atom stereocenters. The molecular weight excluding hydrogens is 414 g/mol. The van der Waals surface area contributed by atoms with E-state index in [9.17, 15) is 5.11 Å². The van der Waals surface area contributed by atoms with Crippen LogP contribution in [0.15, 0.2) is 73.2 Å². The first-order valence-electron chi connectivity index (χ1n) is 9.63. The molecule has 31 heavy (non-hydrogen) atoms. The molecule has 0 aliphatic heterocycles. The number of aliphatic hydroxyl groups is 1. The van der Waals surface area contributed by atoms with Crippen molar-refractivity contribution in [1.29, 1.82) is 0 Å². The molecule has 4 aromatic rings. The zero-order chi connectivity index (χ0) is 20.9. The summed E-state index contributed by atoms with van der Waals surface area (Å²) in [6.07, 6.45) is 3.71. The van der Waals surface area contributed by atoms with Crippen LogP contribution in [-0.4, -0.2) is 38.6 Å². The number of aryl methyl sites for hydroxylation is 1. The average Bonchev–Trinajstić information content (AvgIpc) is 3.24. The highest BCUT2D eigenvalue weighted by Crippen LogP contribution is 2.29. The Morgan fingerprint density at radius 1 is 1.06 bits per heavy atom. The standard InChI is InChI=1S/C23H23N5O2.ClH/c1-16-13-28(15-24-16)21-10-8-18(12-22(21)30-2)19-9-11-23(27-26-19)25-20(14-29)17-6-4-3-5-7-17;/h3-13,15,20,29H,14H2,1-2H3,(H,25,27);1H/t20-;/m0./s1. The summed E-state index contributed by atoms with van der Waals surface area (Å²) >= 11 is 0. The second-order valence-electron chi connectivity index (χ2n) is 6.90. The molecule has 8 heteroatoms. The van der Waals surface area contributed by atoms with Crippen molar-refractivity contribution in [2.24, 2.45) is 0 Å². The maximum absolute atomic E-state index is 9.72. The number of nitrogens with one attached hydrogen (secondary N) is 1. The molecule has 0 spiro atoms. The third-order valence-corrected chi connectivity index (χ3v) is 4.84. The van der Waals surface area contributed by atoms with Crippen LogP contribution in [0.5, 0.6) is 5.75 Å². The second kappa shape index (κ2) is 10.1. The molecule has 4 rings (SSSR count). The Balaban J connectivity index is 0.00000272. The number of anilines is 1. The average molecular weight is 438 g/mol. The van der Waals surface area contributed by atoms with E-state index in [-0.39, 0.29) is 25.1 Å². The van der Waals surface area contributed by atoms with Gasteiger partial charge >= 0.3 is 0 Å². The third kappa shape index (κ3) is 5.02. The minimum atomic E-state index is -0.246. The van der Waals surface area contributed by atoms with E-state index in [1.54, 1.807) is 13.4 Å². The minimum absolute atomic E-state index is 0. The van der Waals surface area contributed by atoms with Crippen molar-refractivity contribution < 1.29 is 9.84 Å². The smallest absolute Gasteiger partial charge is 0.149 e. The van der Waals surface area contributed by atoms with Crippen molar-refractivity contribution in [3.8, 4) is 22.7 Å². The SMILES string of the molecule is COc1cc(-c2ccc(N[C@@H](CO)c3ccccc3)nn2)ccc1-n1cnc(C)c1.Cl. The van der Waals surface area contributed by atoms with Crippen LogP contribution in [0, 0.1) is 6.92 Å². The van der Waals surface area contributed by atoms with Gasteiger partial charge in [0, 0.05) is 11.8 Å². The molecule has 0 bridgehead atoms. The first kappa shape index (κ1) is 22.3. The normalized spacial score (nSPS) is 11.5. The van der Waals surface area contributed by atoms with Gasteiger partial charge < -0.3 is 19.7 Å². The molecule has 2 aromatic carbocycles. The molecule has 0 fully saturated rings. The van der Waals surface area contributed by atoms with Gasteiger partial charge in [-0.3, -0.25) is 0 Å². The molecule has 0 radical (unpaired) electrons. The number of ether oxygens (including phenoxy) is 1. The van der Waals surface area contributed by atoms with Gasteiger partial charge in [0.2, 0.25) is 0 Å². The van der Waals surface area contributed by atoms with Crippen LogP contribution in [-0.2, 0) is 0 Å². The summed E-state index contributed by atoms with van der Waals surface area (Å²) in [5.41, 5.74) is 4.45. The Morgan fingerprint density at radius 2 is 1.87 bits per heavy atom. The lowest BCUT2D eigenvalue weighted by Gasteiger charge is -2.17. The summed E-state index contributed by atoms with van der Waals surface area (Å²) in [6.45, 7) is 1.90. The first-order chi connectivity index (χ1) is 14.7. The minimum Gasteiger partial charge on any atom is -0.495 e. The number of methoxy groups -OCH3 is 1. The summed E-state index contributed by atoms with van der Waals surface area (Å²) in [5.74, 6) is 1.32. The lowest BCUT2D eigenvalue weighted by Crippen LogP contribution is -2.15. The summed E-state index contributed by atoms with van der Waals surface area (Å²) in [5, 5.41) is 21.6. The van der Waals surface area contributed by atoms with E-state index < -0.39 is 0 Å². The van der Waals surface area contributed by atoms with Crippen molar-refractivity contribution in [2.75, 3.05) is 19.0 Å². The molecule has 0 amide bonds. The van der Waals surface area contributed by atoms with E-state index >= 15 is 0 Å². The van der Waals surface area contributed by atoms with E-state index in [0.717, 1.165) is 34.0 Å².